The lowest BCUT2D eigenvalue weighted by atomic mass is 9.98. The van der Waals surface area contributed by atoms with E-state index in [0.29, 0.717) is 35.8 Å². The third kappa shape index (κ3) is 5.81. The van der Waals surface area contributed by atoms with Gasteiger partial charge in [-0.15, -0.1) is 11.3 Å². The van der Waals surface area contributed by atoms with Gasteiger partial charge < -0.3 is 19.1 Å². The first-order valence-electron chi connectivity index (χ1n) is 14.3. The molecular weight excluding hydrogens is 556 g/mol. The molecule has 11 nitrogen and oxygen atoms in total. The first-order valence-corrected chi connectivity index (χ1v) is 15.1. The summed E-state index contributed by atoms with van der Waals surface area (Å²) in [6, 6.07) is 1.88. The van der Waals surface area contributed by atoms with Gasteiger partial charge in [-0.05, 0) is 66.4 Å². The van der Waals surface area contributed by atoms with Crippen LogP contribution in [-0.4, -0.2) is 72.6 Å². The third-order valence-electron chi connectivity index (χ3n) is 7.05. The molecule has 0 aromatic carbocycles. The molecule has 0 radical (unpaired) electrons. The smallest absolute Gasteiger partial charge is 0.420 e. The summed E-state index contributed by atoms with van der Waals surface area (Å²) >= 11 is 1.62. The van der Waals surface area contributed by atoms with Crippen LogP contribution >= 0.6 is 11.3 Å². The number of methoxy groups -OCH3 is 1. The van der Waals surface area contributed by atoms with Gasteiger partial charge in [0.2, 0.25) is 0 Å². The summed E-state index contributed by atoms with van der Waals surface area (Å²) in [5, 5.41) is 5.28. The molecule has 5 rings (SSSR count). The topological polar surface area (TPSA) is 113 Å². The van der Waals surface area contributed by atoms with Crippen molar-refractivity contribution >= 4 is 39.5 Å². The molecule has 12 heteroatoms. The zero-order chi connectivity index (χ0) is 30.6. The minimum Gasteiger partial charge on any atom is -0.493 e. The van der Waals surface area contributed by atoms with Crippen molar-refractivity contribution in [3.05, 3.63) is 29.2 Å². The lowest BCUT2D eigenvalue weighted by Crippen LogP contribution is -2.41. The van der Waals surface area contributed by atoms with E-state index in [4.69, 9.17) is 19.2 Å². The fourth-order valence-electron chi connectivity index (χ4n) is 5.28. The Balaban J connectivity index is 1.59. The van der Waals surface area contributed by atoms with Crippen LogP contribution in [0.25, 0.3) is 27.3 Å². The molecule has 0 N–H and O–H groups in total. The molecule has 0 spiro atoms. The standard InChI is InChI=1S/C30H40N6O5S/c1-17(2)21-22(19-14-20(39-9)24-31-16-32-35(24)15-19)36(28(38)41-30(6,7)8)25-23(21)42-26(33-25)18-10-12-34(13-11-18)27(37)40-29(3,4)5/h14-18H,10-13H2,1-9H3. The fourth-order valence-corrected chi connectivity index (χ4v) is 6.69. The maximum Gasteiger partial charge on any atom is 0.420 e. The van der Waals surface area contributed by atoms with Crippen LogP contribution in [-0.2, 0) is 9.47 Å². The molecular formula is C30H40N6O5S. The van der Waals surface area contributed by atoms with Crippen molar-refractivity contribution in [1.82, 2.24) is 29.0 Å². The number of likely N-dealkylation sites (tertiary alicyclic amines) is 1. The van der Waals surface area contributed by atoms with Crippen LogP contribution in [0.4, 0.5) is 9.59 Å². The molecule has 226 valence electrons. The number of ether oxygens (including phenoxy) is 3. The van der Waals surface area contributed by atoms with Crippen molar-refractivity contribution < 1.29 is 23.8 Å². The highest BCUT2D eigenvalue weighted by Crippen LogP contribution is 2.44. The molecule has 1 aliphatic rings. The Hall–Kier alpha value is -3.67. The Kier molecular flexibility index (Phi) is 7.71. The van der Waals surface area contributed by atoms with E-state index in [1.807, 2.05) is 53.8 Å². The van der Waals surface area contributed by atoms with E-state index < -0.39 is 17.3 Å². The zero-order valence-electron chi connectivity index (χ0n) is 25.8. The second-order valence-corrected chi connectivity index (χ2v) is 14.0. The average Bonchev–Trinajstić information content (AvgIpc) is 3.59. The second-order valence-electron chi connectivity index (χ2n) is 13.0. The highest BCUT2D eigenvalue weighted by molar-refractivity contribution is 7.19. The SMILES string of the molecule is COc1cc(-c2c(C(C)C)c3sc(C4CCN(C(=O)OC(C)(C)C)CC4)nc3n2C(=O)OC(C)(C)C)cn2ncnc12. The number of nitrogens with zero attached hydrogens (tertiary/aromatic N) is 6. The van der Waals surface area contributed by atoms with Gasteiger partial charge in [0.05, 0.1) is 22.5 Å². The van der Waals surface area contributed by atoms with Crippen LogP contribution in [0.15, 0.2) is 18.6 Å². The third-order valence-corrected chi connectivity index (χ3v) is 8.29. The predicted octanol–water partition coefficient (Wildman–Crippen LogP) is 6.84. The maximum atomic E-state index is 13.9. The van der Waals surface area contributed by atoms with Crippen LogP contribution in [0.1, 0.15) is 90.6 Å². The molecule has 0 unspecified atom stereocenters. The van der Waals surface area contributed by atoms with E-state index in [0.717, 1.165) is 33.7 Å². The normalized spacial score (nSPS) is 15.1. The number of aromatic nitrogens is 5. The molecule has 5 heterocycles. The van der Waals surface area contributed by atoms with Crippen LogP contribution < -0.4 is 4.74 Å². The number of pyridine rings is 1. The zero-order valence-corrected chi connectivity index (χ0v) is 26.7. The summed E-state index contributed by atoms with van der Waals surface area (Å²) in [7, 11) is 1.59. The Morgan fingerprint density at radius 3 is 2.24 bits per heavy atom. The highest BCUT2D eigenvalue weighted by Gasteiger charge is 2.34. The molecule has 0 saturated carbocycles. The van der Waals surface area contributed by atoms with Crippen molar-refractivity contribution in [1.29, 1.82) is 0 Å². The molecule has 1 aliphatic heterocycles. The first-order chi connectivity index (χ1) is 19.7. The van der Waals surface area contributed by atoms with Gasteiger partial charge in [-0.1, -0.05) is 13.8 Å². The van der Waals surface area contributed by atoms with E-state index in [1.165, 1.54) is 6.33 Å². The molecule has 0 aliphatic carbocycles. The van der Waals surface area contributed by atoms with Gasteiger partial charge in [0.25, 0.3) is 0 Å². The van der Waals surface area contributed by atoms with Crippen molar-refractivity contribution in [2.24, 2.45) is 0 Å². The lowest BCUT2D eigenvalue weighted by molar-refractivity contribution is 0.0204. The first kappa shape index (κ1) is 29.8. The van der Waals surface area contributed by atoms with E-state index in [1.54, 1.807) is 32.4 Å². The van der Waals surface area contributed by atoms with E-state index in [9.17, 15) is 9.59 Å². The minimum absolute atomic E-state index is 0.0749. The maximum absolute atomic E-state index is 13.9. The van der Waals surface area contributed by atoms with Crippen LogP contribution in [0.5, 0.6) is 5.75 Å². The largest absolute Gasteiger partial charge is 0.493 e. The predicted molar refractivity (Wildman–Crippen MR) is 162 cm³/mol. The van der Waals surface area contributed by atoms with Gasteiger partial charge in [-0.25, -0.2) is 28.6 Å². The summed E-state index contributed by atoms with van der Waals surface area (Å²) in [6.07, 6.45) is 4.08. The molecule has 4 aromatic heterocycles. The number of carbonyl (C=O) groups excluding carboxylic acids is 2. The molecule has 1 saturated heterocycles. The van der Waals surface area contributed by atoms with Gasteiger partial charge in [0.15, 0.2) is 17.0 Å². The van der Waals surface area contributed by atoms with Crippen molar-refractivity contribution in [3.63, 3.8) is 0 Å². The Bertz CT molecular complexity index is 1630. The quantitative estimate of drug-likeness (QED) is 0.252. The Morgan fingerprint density at radius 1 is 1.00 bits per heavy atom. The summed E-state index contributed by atoms with van der Waals surface area (Å²) in [6.45, 7) is 16.6. The van der Waals surface area contributed by atoms with Gasteiger partial charge in [-0.3, -0.25) is 0 Å². The summed E-state index contributed by atoms with van der Waals surface area (Å²) in [4.78, 5) is 37.6. The van der Waals surface area contributed by atoms with Crippen LogP contribution in [0.2, 0.25) is 0 Å². The van der Waals surface area contributed by atoms with Crippen molar-refractivity contribution in [2.45, 2.75) is 91.3 Å². The Morgan fingerprint density at radius 2 is 1.64 bits per heavy atom. The monoisotopic (exact) mass is 596 g/mol. The van der Waals surface area contributed by atoms with Gasteiger partial charge in [-0.2, -0.15) is 5.10 Å². The van der Waals surface area contributed by atoms with Gasteiger partial charge in [0, 0.05) is 36.3 Å². The van der Waals surface area contributed by atoms with Crippen LogP contribution in [0, 0.1) is 0 Å². The summed E-state index contributed by atoms with van der Waals surface area (Å²) < 4.78 is 21.3. The fraction of sp³-hybridized carbons (Fsp3) is 0.567. The summed E-state index contributed by atoms with van der Waals surface area (Å²) in [5.74, 6) is 0.791. The average molecular weight is 597 g/mol. The number of hydrogen-bond acceptors (Lipinski definition) is 9. The molecule has 0 bridgehead atoms. The minimum atomic E-state index is -0.705. The molecule has 4 aromatic rings. The van der Waals surface area contributed by atoms with Gasteiger partial charge >= 0.3 is 12.2 Å². The van der Waals surface area contributed by atoms with Crippen molar-refractivity contribution in [3.8, 4) is 17.0 Å². The van der Waals surface area contributed by atoms with E-state index in [2.05, 4.69) is 23.9 Å². The molecule has 42 heavy (non-hydrogen) atoms. The number of rotatable bonds is 4. The number of hydrogen-bond donors (Lipinski definition) is 0. The van der Waals surface area contributed by atoms with Crippen molar-refractivity contribution in [2.75, 3.05) is 20.2 Å². The van der Waals surface area contributed by atoms with E-state index >= 15 is 0 Å². The number of thiazole rings is 1. The number of amides is 1. The molecule has 0 atom stereocenters. The number of fused-ring (bicyclic) bond motifs is 2. The van der Waals surface area contributed by atoms with E-state index in [-0.39, 0.29) is 17.9 Å². The molecule has 1 amide bonds. The molecule has 1 fully saturated rings. The second kappa shape index (κ2) is 10.9. The van der Waals surface area contributed by atoms with Crippen LogP contribution in [0.3, 0.4) is 0 Å². The number of piperidine rings is 1. The van der Waals surface area contributed by atoms with Gasteiger partial charge in [0.1, 0.15) is 17.5 Å². The Labute approximate surface area is 249 Å². The highest BCUT2D eigenvalue weighted by atomic mass is 32.1. The lowest BCUT2D eigenvalue weighted by Gasteiger charge is -2.32. The summed E-state index contributed by atoms with van der Waals surface area (Å²) in [5.41, 5.74) is 2.38. The number of carbonyl (C=O) groups is 2.